The summed E-state index contributed by atoms with van der Waals surface area (Å²) in [7, 11) is 0. The van der Waals surface area contributed by atoms with Gasteiger partial charge in [-0.1, -0.05) is 26.7 Å². The number of nitrogens with one attached hydrogen (secondary N) is 1. The highest BCUT2D eigenvalue weighted by Gasteiger charge is 2.32. The minimum Gasteiger partial charge on any atom is -0.315 e. The van der Waals surface area contributed by atoms with Gasteiger partial charge < -0.3 is 5.32 Å². The highest BCUT2D eigenvalue weighted by molar-refractivity contribution is 4.90. The molecule has 0 bridgehead atoms. The van der Waals surface area contributed by atoms with E-state index in [-0.39, 0.29) is 0 Å². The molecule has 0 aromatic rings. The van der Waals surface area contributed by atoms with Crippen molar-refractivity contribution in [2.75, 3.05) is 26.2 Å². The van der Waals surface area contributed by atoms with Crippen LogP contribution in [-0.2, 0) is 0 Å². The molecular formula is C13H26N2. The lowest BCUT2D eigenvalue weighted by Crippen LogP contribution is -2.46. The molecule has 2 fully saturated rings. The van der Waals surface area contributed by atoms with Gasteiger partial charge in [-0.15, -0.1) is 0 Å². The van der Waals surface area contributed by atoms with Gasteiger partial charge in [0.1, 0.15) is 0 Å². The molecule has 2 aliphatic rings. The number of hydrogen-bond acceptors (Lipinski definition) is 2. The van der Waals surface area contributed by atoms with Gasteiger partial charge in [-0.25, -0.2) is 0 Å². The van der Waals surface area contributed by atoms with Crippen molar-refractivity contribution in [3.05, 3.63) is 0 Å². The summed E-state index contributed by atoms with van der Waals surface area (Å²) in [6, 6.07) is 0.837. The molecule has 2 heterocycles. The normalized spacial score (nSPS) is 38.4. The van der Waals surface area contributed by atoms with Gasteiger partial charge in [0.15, 0.2) is 0 Å². The Kier molecular flexibility index (Phi) is 4.04. The van der Waals surface area contributed by atoms with Gasteiger partial charge in [0.2, 0.25) is 0 Å². The topological polar surface area (TPSA) is 15.3 Å². The van der Waals surface area contributed by atoms with E-state index < -0.39 is 0 Å². The average molecular weight is 210 g/mol. The van der Waals surface area contributed by atoms with Crippen LogP contribution in [0.4, 0.5) is 0 Å². The van der Waals surface area contributed by atoms with E-state index in [1.807, 2.05) is 0 Å². The smallest absolute Gasteiger partial charge is 0.0260 e. The summed E-state index contributed by atoms with van der Waals surface area (Å²) in [5.41, 5.74) is 0. The molecule has 2 aliphatic heterocycles. The van der Waals surface area contributed by atoms with Crippen LogP contribution in [0.5, 0.6) is 0 Å². The Bertz CT molecular complexity index is 193. The first kappa shape index (κ1) is 11.4. The Morgan fingerprint density at radius 1 is 1.20 bits per heavy atom. The molecule has 0 aliphatic carbocycles. The molecule has 0 radical (unpaired) electrons. The summed E-state index contributed by atoms with van der Waals surface area (Å²) in [6.45, 7) is 9.87. The third-order valence-electron chi connectivity index (χ3n) is 4.43. The van der Waals surface area contributed by atoms with Gasteiger partial charge in [-0.2, -0.15) is 0 Å². The average Bonchev–Trinajstić information content (AvgIpc) is 2.77. The lowest BCUT2D eigenvalue weighted by molar-refractivity contribution is 0.105. The second kappa shape index (κ2) is 5.31. The molecule has 0 aromatic heterocycles. The Hall–Kier alpha value is -0.0800. The zero-order valence-corrected chi connectivity index (χ0v) is 10.3. The summed E-state index contributed by atoms with van der Waals surface area (Å²) in [4.78, 5) is 2.77. The van der Waals surface area contributed by atoms with Crippen LogP contribution in [0.2, 0.25) is 0 Å². The van der Waals surface area contributed by atoms with Crippen LogP contribution >= 0.6 is 0 Å². The molecule has 0 spiro atoms. The fraction of sp³-hybridized carbons (Fsp3) is 1.00. The molecule has 2 nitrogen and oxygen atoms in total. The van der Waals surface area contributed by atoms with Crippen LogP contribution in [-0.4, -0.2) is 37.1 Å². The van der Waals surface area contributed by atoms with Crippen LogP contribution in [0, 0.1) is 11.8 Å². The molecule has 1 N–H and O–H groups in total. The fourth-order valence-electron chi connectivity index (χ4n) is 3.29. The van der Waals surface area contributed by atoms with E-state index in [9.17, 15) is 0 Å². The summed E-state index contributed by atoms with van der Waals surface area (Å²) >= 11 is 0. The van der Waals surface area contributed by atoms with Crippen molar-refractivity contribution in [1.82, 2.24) is 10.2 Å². The molecular weight excluding hydrogens is 184 g/mol. The van der Waals surface area contributed by atoms with Crippen LogP contribution < -0.4 is 5.32 Å². The van der Waals surface area contributed by atoms with Crippen molar-refractivity contribution in [1.29, 1.82) is 0 Å². The SMILES string of the molecule is CCC1CCCN(C2CNCC2CC)C1. The van der Waals surface area contributed by atoms with E-state index in [0.717, 1.165) is 17.9 Å². The zero-order chi connectivity index (χ0) is 10.7. The van der Waals surface area contributed by atoms with Gasteiger partial charge in [-0.05, 0) is 37.8 Å². The number of piperidine rings is 1. The van der Waals surface area contributed by atoms with Crippen LogP contribution in [0.1, 0.15) is 39.5 Å². The zero-order valence-electron chi connectivity index (χ0n) is 10.3. The molecule has 0 aromatic carbocycles. The summed E-state index contributed by atoms with van der Waals surface area (Å²) in [5, 5.41) is 3.56. The minimum absolute atomic E-state index is 0.837. The van der Waals surface area contributed by atoms with E-state index in [1.54, 1.807) is 0 Å². The summed E-state index contributed by atoms with van der Waals surface area (Å²) in [6.07, 6.45) is 5.59. The molecule has 0 saturated carbocycles. The van der Waals surface area contributed by atoms with Gasteiger partial charge in [-0.3, -0.25) is 4.90 Å². The summed E-state index contributed by atoms with van der Waals surface area (Å²) in [5.74, 6) is 1.87. The monoisotopic (exact) mass is 210 g/mol. The Labute approximate surface area is 94.4 Å². The Balaban J connectivity index is 1.91. The highest BCUT2D eigenvalue weighted by atomic mass is 15.2. The fourth-order valence-corrected chi connectivity index (χ4v) is 3.29. The number of hydrogen-bond donors (Lipinski definition) is 1. The van der Waals surface area contributed by atoms with Crippen LogP contribution in [0.3, 0.4) is 0 Å². The molecule has 2 heteroatoms. The van der Waals surface area contributed by atoms with Gasteiger partial charge in [0, 0.05) is 19.1 Å². The molecule has 2 saturated heterocycles. The third kappa shape index (κ3) is 2.54. The van der Waals surface area contributed by atoms with E-state index >= 15 is 0 Å². The van der Waals surface area contributed by atoms with E-state index in [2.05, 4.69) is 24.1 Å². The Morgan fingerprint density at radius 3 is 2.80 bits per heavy atom. The predicted molar refractivity (Wildman–Crippen MR) is 65.0 cm³/mol. The number of likely N-dealkylation sites (tertiary alicyclic amines) is 1. The Morgan fingerprint density at radius 2 is 2.07 bits per heavy atom. The second-order valence-electron chi connectivity index (χ2n) is 5.31. The van der Waals surface area contributed by atoms with Crippen molar-refractivity contribution >= 4 is 0 Å². The third-order valence-corrected chi connectivity index (χ3v) is 4.43. The molecule has 2 rings (SSSR count). The van der Waals surface area contributed by atoms with Crippen molar-refractivity contribution in [3.63, 3.8) is 0 Å². The maximum absolute atomic E-state index is 3.56. The lowest BCUT2D eigenvalue weighted by Gasteiger charge is -2.38. The van der Waals surface area contributed by atoms with E-state index in [4.69, 9.17) is 0 Å². The van der Waals surface area contributed by atoms with E-state index in [0.29, 0.717) is 0 Å². The van der Waals surface area contributed by atoms with Crippen molar-refractivity contribution in [2.24, 2.45) is 11.8 Å². The summed E-state index contributed by atoms with van der Waals surface area (Å²) < 4.78 is 0. The molecule has 3 atom stereocenters. The first-order valence-electron chi connectivity index (χ1n) is 6.79. The largest absolute Gasteiger partial charge is 0.315 e. The number of nitrogens with zero attached hydrogens (tertiary/aromatic N) is 1. The van der Waals surface area contributed by atoms with E-state index in [1.165, 1.54) is 51.9 Å². The van der Waals surface area contributed by atoms with Crippen LogP contribution in [0.25, 0.3) is 0 Å². The van der Waals surface area contributed by atoms with Crippen molar-refractivity contribution in [3.8, 4) is 0 Å². The predicted octanol–water partition coefficient (Wildman–Crippen LogP) is 2.11. The maximum atomic E-state index is 3.56. The first-order valence-corrected chi connectivity index (χ1v) is 6.79. The van der Waals surface area contributed by atoms with Gasteiger partial charge in [0.05, 0.1) is 0 Å². The lowest BCUT2D eigenvalue weighted by atomic mass is 9.91. The quantitative estimate of drug-likeness (QED) is 0.767. The molecule has 3 unspecified atom stereocenters. The van der Waals surface area contributed by atoms with Gasteiger partial charge >= 0.3 is 0 Å². The van der Waals surface area contributed by atoms with Crippen LogP contribution in [0.15, 0.2) is 0 Å². The molecule has 0 amide bonds. The molecule has 15 heavy (non-hydrogen) atoms. The minimum atomic E-state index is 0.837. The van der Waals surface area contributed by atoms with Crippen molar-refractivity contribution < 1.29 is 0 Å². The second-order valence-corrected chi connectivity index (χ2v) is 5.31. The highest BCUT2D eigenvalue weighted by Crippen LogP contribution is 2.26. The standard InChI is InChI=1S/C13H26N2/c1-3-11-6-5-7-15(10-11)13-9-14-8-12(13)4-2/h11-14H,3-10H2,1-2H3. The van der Waals surface area contributed by atoms with Crippen molar-refractivity contribution in [2.45, 2.75) is 45.6 Å². The first-order chi connectivity index (χ1) is 7.35. The number of rotatable bonds is 3. The molecule has 88 valence electrons. The van der Waals surface area contributed by atoms with Gasteiger partial charge in [0.25, 0.3) is 0 Å². The maximum Gasteiger partial charge on any atom is 0.0260 e.